The van der Waals surface area contributed by atoms with E-state index < -0.39 is 6.04 Å². The number of hydrogen-bond donors (Lipinski definition) is 1. The number of nitrogen functional groups attached to an aromatic ring is 1. The molecular weight excluding hydrogens is 328 g/mol. The number of amides is 1. The lowest BCUT2D eigenvalue weighted by Gasteiger charge is -2.16. The summed E-state index contributed by atoms with van der Waals surface area (Å²) in [5.74, 6) is 0.390. The number of allylic oxidation sites excluding steroid dienone is 1. The second kappa shape index (κ2) is 5.94. The third kappa shape index (κ3) is 2.52. The number of aliphatic imine (C=N–C) groups is 1. The third-order valence-corrected chi connectivity index (χ3v) is 4.71. The number of aromatic nitrogens is 3. The highest BCUT2D eigenvalue weighted by atomic mass is 16.2. The summed E-state index contributed by atoms with van der Waals surface area (Å²) in [4.78, 5) is 22.6. The van der Waals surface area contributed by atoms with Crippen molar-refractivity contribution in [3.05, 3.63) is 36.0 Å². The van der Waals surface area contributed by atoms with Gasteiger partial charge in [0.1, 0.15) is 17.4 Å². The molecule has 4 rings (SSSR count). The number of anilines is 1. The maximum Gasteiger partial charge on any atom is 0.246 e. The van der Waals surface area contributed by atoms with Crippen LogP contribution < -0.4 is 5.73 Å². The number of pyridine rings is 1. The Kier molecular flexibility index (Phi) is 3.72. The van der Waals surface area contributed by atoms with Gasteiger partial charge >= 0.3 is 0 Å². The number of hydrogen-bond acceptors (Lipinski definition) is 5. The van der Waals surface area contributed by atoms with Crippen LogP contribution in [-0.2, 0) is 4.79 Å². The Bertz CT molecular complexity index is 1090. The van der Waals surface area contributed by atoms with Gasteiger partial charge in [0.25, 0.3) is 0 Å². The van der Waals surface area contributed by atoms with Gasteiger partial charge in [-0.3, -0.25) is 14.5 Å². The van der Waals surface area contributed by atoms with Gasteiger partial charge in [0, 0.05) is 31.9 Å². The van der Waals surface area contributed by atoms with E-state index in [0.717, 1.165) is 32.9 Å². The largest absolute Gasteiger partial charge is 0.383 e. The van der Waals surface area contributed by atoms with Crippen molar-refractivity contribution in [1.29, 1.82) is 0 Å². The monoisotopic (exact) mass is 348 g/mol. The molecule has 7 nitrogen and oxygen atoms in total. The summed E-state index contributed by atoms with van der Waals surface area (Å²) in [5, 5.41) is 6.32. The van der Waals surface area contributed by atoms with Crippen LogP contribution in [-0.4, -0.2) is 52.4 Å². The quantitative estimate of drug-likeness (QED) is 0.786. The van der Waals surface area contributed by atoms with Crippen LogP contribution in [0.2, 0.25) is 0 Å². The predicted octanol–water partition coefficient (Wildman–Crippen LogP) is 2.28. The Morgan fingerprint density at radius 3 is 2.81 bits per heavy atom. The first-order chi connectivity index (χ1) is 12.5. The smallest absolute Gasteiger partial charge is 0.246 e. The van der Waals surface area contributed by atoms with Crippen LogP contribution in [0.4, 0.5) is 5.82 Å². The summed E-state index contributed by atoms with van der Waals surface area (Å²) >= 11 is 0. The summed E-state index contributed by atoms with van der Waals surface area (Å²) in [6.07, 6.45) is 5.62. The SMILES string of the molecule is CC(C(=O)N(C)C)n1cc2c(N)nc3cc(C4=CC=NC4)ccc3c2n1. The van der Waals surface area contributed by atoms with Gasteiger partial charge in [-0.2, -0.15) is 5.10 Å². The van der Waals surface area contributed by atoms with Gasteiger partial charge in [-0.25, -0.2) is 4.98 Å². The number of carbonyl (C=O) groups is 1. The second-order valence-corrected chi connectivity index (χ2v) is 6.69. The predicted molar refractivity (Wildman–Crippen MR) is 104 cm³/mol. The maximum absolute atomic E-state index is 12.3. The van der Waals surface area contributed by atoms with E-state index in [1.54, 1.807) is 29.9 Å². The molecule has 1 atom stereocenters. The number of likely N-dealkylation sites (N-methyl/N-ethyl adjacent to an activating group) is 1. The van der Waals surface area contributed by atoms with Crippen molar-refractivity contribution in [3.63, 3.8) is 0 Å². The molecule has 0 aliphatic carbocycles. The molecule has 1 unspecified atom stereocenters. The molecule has 0 saturated heterocycles. The second-order valence-electron chi connectivity index (χ2n) is 6.69. The fourth-order valence-electron chi connectivity index (χ4n) is 3.21. The van der Waals surface area contributed by atoms with Gasteiger partial charge in [-0.1, -0.05) is 6.07 Å². The van der Waals surface area contributed by atoms with Gasteiger partial charge < -0.3 is 10.6 Å². The van der Waals surface area contributed by atoms with Crippen molar-refractivity contribution in [1.82, 2.24) is 19.7 Å². The Labute approximate surface area is 150 Å². The molecule has 2 aromatic heterocycles. The minimum atomic E-state index is -0.410. The Morgan fingerprint density at radius 1 is 1.31 bits per heavy atom. The van der Waals surface area contributed by atoms with Gasteiger partial charge in [-0.05, 0) is 36.3 Å². The molecule has 3 aromatic rings. The summed E-state index contributed by atoms with van der Waals surface area (Å²) in [7, 11) is 3.46. The normalized spacial score (nSPS) is 14.8. The molecule has 0 saturated carbocycles. The molecule has 1 amide bonds. The van der Waals surface area contributed by atoms with E-state index in [4.69, 9.17) is 5.73 Å². The van der Waals surface area contributed by atoms with Crippen molar-refractivity contribution in [2.45, 2.75) is 13.0 Å². The average Bonchev–Trinajstić information content (AvgIpc) is 3.30. The Hall–Kier alpha value is -3.22. The molecule has 132 valence electrons. The summed E-state index contributed by atoms with van der Waals surface area (Å²) in [6.45, 7) is 2.51. The summed E-state index contributed by atoms with van der Waals surface area (Å²) < 4.78 is 1.66. The Morgan fingerprint density at radius 2 is 2.12 bits per heavy atom. The average molecular weight is 348 g/mol. The van der Waals surface area contributed by atoms with Crippen LogP contribution >= 0.6 is 0 Å². The molecule has 0 fully saturated rings. The molecule has 2 N–H and O–H groups in total. The zero-order chi connectivity index (χ0) is 18.4. The van der Waals surface area contributed by atoms with Crippen LogP contribution in [0.5, 0.6) is 0 Å². The highest BCUT2D eigenvalue weighted by Gasteiger charge is 2.20. The first-order valence-corrected chi connectivity index (χ1v) is 8.44. The molecule has 1 aromatic carbocycles. The van der Waals surface area contributed by atoms with Gasteiger partial charge in [0.15, 0.2) is 0 Å². The minimum absolute atomic E-state index is 0.0240. The molecular formula is C19H20N6O. The number of rotatable bonds is 3. The zero-order valence-electron chi connectivity index (χ0n) is 15.0. The highest BCUT2D eigenvalue weighted by Crippen LogP contribution is 2.30. The number of carbonyl (C=O) groups excluding carboxylic acids is 1. The lowest BCUT2D eigenvalue weighted by atomic mass is 10.0. The standard InChI is InChI=1S/C19H20N6O/c1-11(19(26)24(2)3)25-10-15-17(23-25)14-5-4-12(13-6-7-21-9-13)8-16(14)22-18(15)20/h4-8,10-11H,9H2,1-3H3,(H2,20,22). The van der Waals surface area contributed by atoms with Crippen molar-refractivity contribution in [2.24, 2.45) is 4.99 Å². The molecule has 3 heterocycles. The first kappa shape index (κ1) is 16.3. The van der Waals surface area contributed by atoms with E-state index in [1.165, 1.54) is 0 Å². The molecule has 1 aliphatic heterocycles. The highest BCUT2D eigenvalue weighted by molar-refractivity contribution is 6.08. The van der Waals surface area contributed by atoms with Crippen molar-refractivity contribution < 1.29 is 4.79 Å². The maximum atomic E-state index is 12.3. The van der Waals surface area contributed by atoms with Crippen LogP contribution in [0.3, 0.4) is 0 Å². The molecule has 1 aliphatic rings. The van der Waals surface area contributed by atoms with Crippen LogP contribution in [0.25, 0.3) is 27.4 Å². The van der Waals surface area contributed by atoms with E-state index in [1.807, 2.05) is 37.4 Å². The topological polar surface area (TPSA) is 89.4 Å². The number of nitrogens with two attached hydrogens (primary N) is 1. The molecule has 0 bridgehead atoms. The van der Waals surface area contributed by atoms with Gasteiger partial charge in [0.05, 0.1) is 17.4 Å². The molecule has 0 spiro atoms. The van der Waals surface area contributed by atoms with Crippen LogP contribution in [0.15, 0.2) is 35.5 Å². The zero-order valence-corrected chi connectivity index (χ0v) is 15.0. The van der Waals surface area contributed by atoms with Crippen molar-refractivity contribution in [2.75, 3.05) is 26.4 Å². The fourth-order valence-corrected chi connectivity index (χ4v) is 3.21. The minimum Gasteiger partial charge on any atom is -0.383 e. The lowest BCUT2D eigenvalue weighted by molar-refractivity contribution is -0.131. The number of benzene rings is 1. The van der Waals surface area contributed by atoms with E-state index >= 15 is 0 Å². The van der Waals surface area contributed by atoms with E-state index in [0.29, 0.717) is 12.4 Å². The van der Waals surface area contributed by atoms with E-state index in [9.17, 15) is 4.79 Å². The lowest BCUT2D eigenvalue weighted by Crippen LogP contribution is -2.30. The summed E-state index contributed by atoms with van der Waals surface area (Å²) in [6, 6.07) is 5.66. The molecule has 7 heteroatoms. The number of fused-ring (bicyclic) bond motifs is 3. The molecule has 0 radical (unpaired) electrons. The fraction of sp³-hybridized carbons (Fsp3) is 0.263. The molecule has 26 heavy (non-hydrogen) atoms. The van der Waals surface area contributed by atoms with Gasteiger partial charge in [0.2, 0.25) is 5.91 Å². The van der Waals surface area contributed by atoms with Crippen LogP contribution in [0.1, 0.15) is 18.5 Å². The number of nitrogens with zero attached hydrogens (tertiary/aromatic N) is 5. The summed E-state index contributed by atoms with van der Waals surface area (Å²) in [5.41, 5.74) is 9.96. The van der Waals surface area contributed by atoms with Crippen molar-refractivity contribution >= 4 is 45.3 Å². The van der Waals surface area contributed by atoms with Gasteiger partial charge in [-0.15, -0.1) is 0 Å². The van der Waals surface area contributed by atoms with Crippen LogP contribution in [0, 0.1) is 0 Å². The first-order valence-electron chi connectivity index (χ1n) is 8.44. The van der Waals surface area contributed by atoms with Crippen molar-refractivity contribution in [3.8, 4) is 0 Å². The Balaban J connectivity index is 1.85. The third-order valence-electron chi connectivity index (χ3n) is 4.71. The van der Waals surface area contributed by atoms with E-state index in [2.05, 4.69) is 15.1 Å². The van der Waals surface area contributed by atoms with E-state index in [-0.39, 0.29) is 5.91 Å².